The van der Waals surface area contributed by atoms with Gasteiger partial charge in [-0.15, -0.1) is 0 Å². The zero-order valence-corrected chi connectivity index (χ0v) is 19.0. The van der Waals surface area contributed by atoms with Crippen LogP contribution in [0.1, 0.15) is 32.1 Å². The van der Waals surface area contributed by atoms with Gasteiger partial charge in [0.1, 0.15) is 0 Å². The molecule has 2 aromatic rings. The molecule has 2 aliphatic rings. The monoisotopic (exact) mass is 461 g/mol. The van der Waals surface area contributed by atoms with E-state index in [1.165, 1.54) is 41.4 Å². The first kappa shape index (κ1) is 22.1. The highest BCUT2D eigenvalue weighted by Crippen LogP contribution is 2.26. The summed E-state index contributed by atoms with van der Waals surface area (Å²) in [6.07, 6.45) is 4.76. The van der Waals surface area contributed by atoms with Gasteiger partial charge in [0, 0.05) is 48.5 Å². The summed E-state index contributed by atoms with van der Waals surface area (Å²) in [4.78, 5) is 15.3. The van der Waals surface area contributed by atoms with Gasteiger partial charge in [0.2, 0.25) is 15.9 Å². The van der Waals surface area contributed by atoms with Crippen LogP contribution < -0.4 is 10.2 Å². The largest absolute Gasteiger partial charge is 0.372 e. The quantitative estimate of drug-likeness (QED) is 0.717. The van der Waals surface area contributed by atoms with Gasteiger partial charge in [0.15, 0.2) is 0 Å². The first-order chi connectivity index (χ1) is 14.9. The molecule has 2 heterocycles. The Morgan fingerprint density at radius 1 is 0.871 bits per heavy atom. The first-order valence-electron chi connectivity index (χ1n) is 10.8. The van der Waals surface area contributed by atoms with Crippen molar-refractivity contribution in [3.8, 4) is 0 Å². The fourth-order valence-electron chi connectivity index (χ4n) is 4.27. The average molecular weight is 462 g/mol. The van der Waals surface area contributed by atoms with E-state index < -0.39 is 10.0 Å². The van der Waals surface area contributed by atoms with Crippen LogP contribution in [0.3, 0.4) is 0 Å². The number of hydrogen-bond acceptors (Lipinski definition) is 4. The van der Waals surface area contributed by atoms with Gasteiger partial charge in [-0.05, 0) is 80.6 Å². The Bertz CT molecular complexity index is 995. The lowest BCUT2D eigenvalue weighted by Crippen LogP contribution is -2.41. The minimum absolute atomic E-state index is 0.0470. The third-order valence-corrected chi connectivity index (χ3v) is 8.30. The third-order valence-electron chi connectivity index (χ3n) is 6.13. The molecular weight excluding hydrogens is 434 g/mol. The van der Waals surface area contributed by atoms with Crippen LogP contribution in [0.15, 0.2) is 53.4 Å². The molecule has 0 saturated carbocycles. The first-order valence-corrected chi connectivity index (χ1v) is 12.7. The molecule has 0 aliphatic carbocycles. The van der Waals surface area contributed by atoms with Crippen molar-refractivity contribution in [2.24, 2.45) is 5.92 Å². The van der Waals surface area contributed by atoms with E-state index in [9.17, 15) is 13.2 Å². The molecule has 0 spiro atoms. The van der Waals surface area contributed by atoms with Crippen molar-refractivity contribution < 1.29 is 13.2 Å². The maximum atomic E-state index is 12.8. The molecule has 0 aromatic heterocycles. The maximum absolute atomic E-state index is 12.8. The van der Waals surface area contributed by atoms with Crippen LogP contribution in [0, 0.1) is 5.92 Å². The summed E-state index contributed by atoms with van der Waals surface area (Å²) >= 11 is 5.86. The number of anilines is 2. The van der Waals surface area contributed by atoms with Crippen LogP contribution in [-0.4, -0.2) is 44.8 Å². The second-order valence-corrected chi connectivity index (χ2v) is 10.6. The zero-order chi connectivity index (χ0) is 21.8. The summed E-state index contributed by atoms with van der Waals surface area (Å²) in [6.45, 7) is 2.83. The van der Waals surface area contributed by atoms with Gasteiger partial charge < -0.3 is 10.2 Å². The lowest BCUT2D eigenvalue weighted by atomic mass is 9.97. The molecule has 0 radical (unpaired) electrons. The highest BCUT2D eigenvalue weighted by atomic mass is 35.5. The summed E-state index contributed by atoms with van der Waals surface area (Å²) in [7, 11) is -3.56. The van der Waals surface area contributed by atoms with Crippen molar-refractivity contribution in [1.29, 1.82) is 0 Å². The van der Waals surface area contributed by atoms with E-state index in [4.69, 9.17) is 11.6 Å². The van der Waals surface area contributed by atoms with E-state index in [1.54, 1.807) is 12.1 Å². The van der Waals surface area contributed by atoms with Gasteiger partial charge >= 0.3 is 0 Å². The predicted molar refractivity (Wildman–Crippen MR) is 124 cm³/mol. The number of nitrogens with one attached hydrogen (secondary N) is 1. The van der Waals surface area contributed by atoms with E-state index in [-0.39, 0.29) is 16.7 Å². The standard InChI is InChI=1S/C23H28ClN3O3S/c24-19-4-10-22(11-5-19)31(29,30)27-16-12-18(13-17-27)23(28)25-20-6-8-21(9-7-20)26-14-2-1-3-15-26/h4-11,18H,1-3,12-17H2,(H,25,28). The molecule has 2 fully saturated rings. The van der Waals surface area contributed by atoms with Gasteiger partial charge in [-0.25, -0.2) is 8.42 Å². The number of rotatable bonds is 5. The second kappa shape index (κ2) is 9.59. The predicted octanol–water partition coefficient (Wildman–Crippen LogP) is 4.37. The Morgan fingerprint density at radius 2 is 1.48 bits per heavy atom. The summed E-state index contributed by atoms with van der Waals surface area (Å²) < 4.78 is 27.1. The summed E-state index contributed by atoms with van der Waals surface area (Å²) in [5.41, 5.74) is 1.97. The molecule has 2 aliphatic heterocycles. The molecular formula is C23H28ClN3O3S. The minimum atomic E-state index is -3.56. The lowest BCUT2D eigenvalue weighted by Gasteiger charge is -2.30. The van der Waals surface area contributed by atoms with Crippen molar-refractivity contribution in [2.75, 3.05) is 36.4 Å². The van der Waals surface area contributed by atoms with Gasteiger partial charge in [-0.1, -0.05) is 11.6 Å². The van der Waals surface area contributed by atoms with Gasteiger partial charge in [-0.2, -0.15) is 4.31 Å². The SMILES string of the molecule is O=C(Nc1ccc(N2CCCCC2)cc1)C1CCN(S(=O)(=O)c2ccc(Cl)cc2)CC1. The van der Waals surface area contributed by atoms with E-state index in [2.05, 4.69) is 22.3 Å². The number of nitrogens with zero attached hydrogens (tertiary/aromatic N) is 2. The van der Waals surface area contributed by atoms with Crippen molar-refractivity contribution in [1.82, 2.24) is 4.31 Å². The van der Waals surface area contributed by atoms with Crippen LogP contribution in [0.4, 0.5) is 11.4 Å². The Balaban J connectivity index is 1.31. The van der Waals surface area contributed by atoms with Crippen LogP contribution >= 0.6 is 11.6 Å². The molecule has 0 atom stereocenters. The minimum Gasteiger partial charge on any atom is -0.372 e. The van der Waals surface area contributed by atoms with E-state index in [0.29, 0.717) is 31.0 Å². The molecule has 31 heavy (non-hydrogen) atoms. The second-order valence-electron chi connectivity index (χ2n) is 8.22. The number of halogens is 1. The van der Waals surface area contributed by atoms with Gasteiger partial charge in [0.25, 0.3) is 0 Å². The van der Waals surface area contributed by atoms with Crippen LogP contribution in [0.5, 0.6) is 0 Å². The molecule has 8 heteroatoms. The fraction of sp³-hybridized carbons (Fsp3) is 0.435. The van der Waals surface area contributed by atoms with E-state index in [0.717, 1.165) is 18.8 Å². The number of hydrogen-bond donors (Lipinski definition) is 1. The van der Waals surface area contributed by atoms with Gasteiger partial charge in [0.05, 0.1) is 4.90 Å². The third kappa shape index (κ3) is 5.22. The van der Waals surface area contributed by atoms with Crippen LogP contribution in [0.2, 0.25) is 5.02 Å². The zero-order valence-electron chi connectivity index (χ0n) is 17.5. The summed E-state index contributed by atoms with van der Waals surface area (Å²) in [5, 5.41) is 3.49. The fourth-order valence-corrected chi connectivity index (χ4v) is 5.86. The Hall–Kier alpha value is -2.09. The normalized spacial score (nSPS) is 18.7. The Morgan fingerprint density at radius 3 is 2.10 bits per heavy atom. The Labute approximate surface area is 189 Å². The van der Waals surface area contributed by atoms with Crippen molar-refractivity contribution in [3.63, 3.8) is 0 Å². The molecule has 4 rings (SSSR count). The summed E-state index contributed by atoms with van der Waals surface area (Å²) in [6, 6.07) is 14.2. The average Bonchev–Trinajstić information content (AvgIpc) is 2.80. The molecule has 1 amide bonds. The number of carbonyl (C=O) groups excluding carboxylic acids is 1. The van der Waals surface area contributed by atoms with Crippen LogP contribution in [-0.2, 0) is 14.8 Å². The van der Waals surface area contributed by atoms with Crippen molar-refractivity contribution in [3.05, 3.63) is 53.6 Å². The van der Waals surface area contributed by atoms with Crippen molar-refractivity contribution in [2.45, 2.75) is 37.0 Å². The van der Waals surface area contributed by atoms with E-state index >= 15 is 0 Å². The number of sulfonamides is 1. The molecule has 166 valence electrons. The van der Waals surface area contributed by atoms with Gasteiger partial charge in [-0.3, -0.25) is 4.79 Å². The molecule has 0 unspecified atom stereocenters. The van der Waals surface area contributed by atoms with E-state index in [1.807, 2.05) is 12.1 Å². The smallest absolute Gasteiger partial charge is 0.243 e. The maximum Gasteiger partial charge on any atom is 0.243 e. The van der Waals surface area contributed by atoms with Crippen molar-refractivity contribution >= 4 is 38.9 Å². The Kier molecular flexibility index (Phi) is 6.84. The number of benzene rings is 2. The molecule has 2 aromatic carbocycles. The highest BCUT2D eigenvalue weighted by Gasteiger charge is 2.32. The summed E-state index contributed by atoms with van der Waals surface area (Å²) in [5.74, 6) is -0.243. The molecule has 6 nitrogen and oxygen atoms in total. The molecule has 1 N–H and O–H groups in total. The lowest BCUT2D eigenvalue weighted by molar-refractivity contribution is -0.120. The molecule has 2 saturated heterocycles. The highest BCUT2D eigenvalue weighted by molar-refractivity contribution is 7.89. The van der Waals surface area contributed by atoms with Crippen LogP contribution in [0.25, 0.3) is 0 Å². The number of carbonyl (C=O) groups is 1. The topological polar surface area (TPSA) is 69.7 Å². The molecule has 0 bridgehead atoms. The number of amides is 1. The number of piperidine rings is 2.